The zero-order valence-electron chi connectivity index (χ0n) is 19.9. The lowest BCUT2D eigenvalue weighted by Crippen LogP contribution is -2.47. The fraction of sp³-hybridized carbons (Fsp3) is 0.444. The average molecular weight is 481 g/mol. The Morgan fingerprint density at radius 2 is 1.74 bits per heavy atom. The lowest BCUT2D eigenvalue weighted by Gasteiger charge is -2.32. The summed E-state index contributed by atoms with van der Waals surface area (Å²) in [5.74, 6) is -1.15. The smallest absolute Gasteiger partial charge is 0.407 e. The van der Waals surface area contributed by atoms with Gasteiger partial charge in [0, 0.05) is 50.9 Å². The van der Waals surface area contributed by atoms with Crippen LogP contribution >= 0.6 is 0 Å². The summed E-state index contributed by atoms with van der Waals surface area (Å²) < 4.78 is 11.2. The van der Waals surface area contributed by atoms with Crippen molar-refractivity contribution in [3.05, 3.63) is 59.7 Å². The van der Waals surface area contributed by atoms with E-state index >= 15 is 0 Å². The molecule has 1 aliphatic carbocycles. The van der Waals surface area contributed by atoms with Gasteiger partial charge in [0.2, 0.25) is 5.91 Å². The van der Waals surface area contributed by atoms with E-state index in [9.17, 15) is 14.4 Å². The lowest BCUT2D eigenvalue weighted by molar-refractivity contribution is -0.138. The van der Waals surface area contributed by atoms with Crippen molar-refractivity contribution in [3.8, 4) is 11.1 Å². The molecule has 2 aromatic rings. The maximum atomic E-state index is 12.7. The third-order valence-corrected chi connectivity index (χ3v) is 6.87. The van der Waals surface area contributed by atoms with Crippen LogP contribution < -0.4 is 5.32 Å². The van der Waals surface area contributed by atoms with Gasteiger partial charge in [0.25, 0.3) is 0 Å². The molecule has 2 unspecified atom stereocenters. The van der Waals surface area contributed by atoms with Crippen LogP contribution in [0.2, 0.25) is 0 Å². The highest BCUT2D eigenvalue weighted by molar-refractivity contribution is 5.79. The highest BCUT2D eigenvalue weighted by atomic mass is 16.5. The molecule has 1 heterocycles. The highest BCUT2D eigenvalue weighted by Crippen LogP contribution is 2.44. The van der Waals surface area contributed by atoms with Crippen molar-refractivity contribution in [2.45, 2.75) is 37.6 Å². The van der Waals surface area contributed by atoms with Gasteiger partial charge in [-0.2, -0.15) is 0 Å². The summed E-state index contributed by atoms with van der Waals surface area (Å²) in [5, 5.41) is 11.7. The van der Waals surface area contributed by atoms with E-state index in [1.54, 1.807) is 11.9 Å². The number of nitrogens with zero attached hydrogens (tertiary/aromatic N) is 1. The molecule has 0 radical (unpaired) electrons. The van der Waals surface area contributed by atoms with E-state index in [1.807, 2.05) is 24.3 Å². The van der Waals surface area contributed by atoms with Crippen LogP contribution in [0.25, 0.3) is 11.1 Å². The molecule has 2 aliphatic rings. The van der Waals surface area contributed by atoms with Crippen LogP contribution in [0.1, 0.15) is 42.7 Å². The number of carboxylic acids is 1. The van der Waals surface area contributed by atoms with Crippen LogP contribution in [-0.2, 0) is 19.1 Å². The molecule has 186 valence electrons. The standard InChI is InChI=1S/C27H32N2O6/c1-29(13-6-11-26(31)32)25(30)15-18-16-34-14-12-24(18)28-27(33)35-17-23-21-9-4-2-7-19(21)20-8-3-5-10-22(20)23/h2-5,7-10,18,23-24H,6,11-17H2,1H3,(H,28,33)(H,31,32). The number of amides is 2. The fourth-order valence-corrected chi connectivity index (χ4v) is 4.95. The van der Waals surface area contributed by atoms with E-state index in [1.165, 1.54) is 11.1 Å². The molecule has 0 bridgehead atoms. The second-order valence-electron chi connectivity index (χ2n) is 9.22. The van der Waals surface area contributed by atoms with Gasteiger partial charge < -0.3 is 24.8 Å². The molecule has 2 atom stereocenters. The van der Waals surface area contributed by atoms with Crippen molar-refractivity contribution in [2.24, 2.45) is 5.92 Å². The Labute approximate surface area is 205 Å². The Bertz CT molecular complexity index is 1030. The zero-order chi connectivity index (χ0) is 24.8. The number of benzene rings is 2. The summed E-state index contributed by atoms with van der Waals surface area (Å²) in [6.45, 7) is 1.50. The monoisotopic (exact) mass is 480 g/mol. The van der Waals surface area contributed by atoms with E-state index < -0.39 is 12.1 Å². The minimum absolute atomic E-state index is 0.0142. The largest absolute Gasteiger partial charge is 0.481 e. The number of hydrogen-bond donors (Lipinski definition) is 2. The van der Waals surface area contributed by atoms with Crippen molar-refractivity contribution in [3.63, 3.8) is 0 Å². The molecule has 0 aromatic heterocycles. The first-order valence-corrected chi connectivity index (χ1v) is 12.1. The summed E-state index contributed by atoms with van der Waals surface area (Å²) in [4.78, 5) is 37.6. The van der Waals surface area contributed by atoms with E-state index in [0.717, 1.165) is 11.1 Å². The summed E-state index contributed by atoms with van der Waals surface area (Å²) in [5.41, 5.74) is 4.66. The molecule has 1 saturated heterocycles. The molecule has 1 aliphatic heterocycles. The van der Waals surface area contributed by atoms with Crippen molar-refractivity contribution in [1.29, 1.82) is 0 Å². The number of carboxylic acid groups (broad SMARTS) is 1. The number of rotatable bonds is 9. The van der Waals surface area contributed by atoms with Gasteiger partial charge in [-0.05, 0) is 35.1 Å². The number of carbonyl (C=O) groups is 3. The van der Waals surface area contributed by atoms with E-state index in [0.29, 0.717) is 32.6 Å². The molecule has 35 heavy (non-hydrogen) atoms. The molecular weight excluding hydrogens is 448 g/mol. The molecule has 8 heteroatoms. The minimum Gasteiger partial charge on any atom is -0.481 e. The SMILES string of the molecule is CN(CCCC(=O)O)C(=O)CC1COCCC1NC(=O)OCC1c2ccccc2-c2ccccc21. The molecule has 2 amide bonds. The molecule has 0 saturated carbocycles. The Hall–Kier alpha value is -3.39. The van der Waals surface area contributed by atoms with Gasteiger partial charge in [-0.3, -0.25) is 9.59 Å². The molecular formula is C27H32N2O6. The predicted octanol–water partition coefficient (Wildman–Crippen LogP) is 3.64. The topological polar surface area (TPSA) is 105 Å². The molecule has 1 fully saturated rings. The average Bonchev–Trinajstić information content (AvgIpc) is 3.17. The number of ether oxygens (including phenoxy) is 2. The van der Waals surface area contributed by atoms with Gasteiger partial charge in [-0.15, -0.1) is 0 Å². The predicted molar refractivity (Wildman–Crippen MR) is 130 cm³/mol. The maximum Gasteiger partial charge on any atom is 0.407 e. The first kappa shape index (κ1) is 24.7. The molecule has 2 aromatic carbocycles. The maximum absolute atomic E-state index is 12.7. The van der Waals surface area contributed by atoms with Gasteiger partial charge in [0.15, 0.2) is 0 Å². The van der Waals surface area contributed by atoms with Crippen molar-refractivity contribution in [2.75, 3.05) is 33.4 Å². The van der Waals surface area contributed by atoms with Crippen LogP contribution in [0.15, 0.2) is 48.5 Å². The molecule has 2 N–H and O–H groups in total. The van der Waals surface area contributed by atoms with E-state index in [-0.39, 0.29) is 43.2 Å². The first-order valence-electron chi connectivity index (χ1n) is 12.1. The normalized spacial score (nSPS) is 18.9. The third-order valence-electron chi connectivity index (χ3n) is 6.87. The number of alkyl carbamates (subject to hydrolysis) is 1. The summed E-state index contributed by atoms with van der Waals surface area (Å²) in [6, 6.07) is 16.1. The van der Waals surface area contributed by atoms with Crippen molar-refractivity contribution < 1.29 is 29.0 Å². The van der Waals surface area contributed by atoms with E-state index in [2.05, 4.69) is 29.6 Å². The van der Waals surface area contributed by atoms with Crippen molar-refractivity contribution >= 4 is 18.0 Å². The summed E-state index contributed by atoms with van der Waals surface area (Å²) >= 11 is 0. The Balaban J connectivity index is 1.32. The van der Waals surface area contributed by atoms with Gasteiger partial charge in [0.1, 0.15) is 6.61 Å². The molecule has 8 nitrogen and oxygen atoms in total. The van der Waals surface area contributed by atoms with E-state index in [4.69, 9.17) is 14.6 Å². The molecule has 0 spiro atoms. The lowest BCUT2D eigenvalue weighted by atomic mass is 9.92. The third kappa shape index (κ3) is 6.00. The van der Waals surface area contributed by atoms with Crippen LogP contribution in [0.4, 0.5) is 4.79 Å². The highest BCUT2D eigenvalue weighted by Gasteiger charge is 2.32. The Kier molecular flexibility index (Phi) is 8.02. The Morgan fingerprint density at radius 3 is 2.40 bits per heavy atom. The second kappa shape index (κ2) is 11.4. The van der Waals surface area contributed by atoms with Gasteiger partial charge in [-0.1, -0.05) is 48.5 Å². The van der Waals surface area contributed by atoms with Gasteiger partial charge >= 0.3 is 12.1 Å². The number of carbonyl (C=O) groups excluding carboxylic acids is 2. The van der Waals surface area contributed by atoms with Crippen LogP contribution in [0, 0.1) is 5.92 Å². The fourth-order valence-electron chi connectivity index (χ4n) is 4.95. The van der Waals surface area contributed by atoms with Gasteiger partial charge in [-0.25, -0.2) is 4.79 Å². The second-order valence-corrected chi connectivity index (χ2v) is 9.22. The van der Waals surface area contributed by atoms with Crippen molar-refractivity contribution in [1.82, 2.24) is 10.2 Å². The molecule has 4 rings (SSSR count). The summed E-state index contributed by atoms with van der Waals surface area (Å²) in [7, 11) is 1.67. The quantitative estimate of drug-likeness (QED) is 0.568. The number of fused-ring (bicyclic) bond motifs is 3. The van der Waals surface area contributed by atoms with Gasteiger partial charge in [0.05, 0.1) is 6.61 Å². The van der Waals surface area contributed by atoms with Crippen LogP contribution in [-0.4, -0.2) is 67.4 Å². The first-order chi connectivity index (χ1) is 16.9. The van der Waals surface area contributed by atoms with Crippen LogP contribution in [0.5, 0.6) is 0 Å². The minimum atomic E-state index is -0.876. The number of nitrogens with one attached hydrogen (secondary N) is 1. The van der Waals surface area contributed by atoms with Crippen LogP contribution in [0.3, 0.4) is 0 Å². The zero-order valence-corrected chi connectivity index (χ0v) is 19.9. The summed E-state index contributed by atoms with van der Waals surface area (Å²) in [6.07, 6.45) is 0.755. The Morgan fingerprint density at radius 1 is 1.09 bits per heavy atom. The number of aliphatic carboxylic acids is 1. The number of hydrogen-bond acceptors (Lipinski definition) is 5.